The van der Waals surface area contributed by atoms with Crippen LogP contribution >= 0.6 is 0 Å². The molecule has 0 spiro atoms. The quantitative estimate of drug-likeness (QED) is 0.711. The molecule has 0 aliphatic rings. The molecule has 0 aromatic heterocycles. The highest BCUT2D eigenvalue weighted by Crippen LogP contribution is 2.21. The van der Waals surface area contributed by atoms with Gasteiger partial charge in [0.15, 0.2) is 11.6 Å². The molecule has 1 nitrogen and oxygen atoms in total. The SMILES string of the molecule is CC[C@H](N)c1cc(F)cc(F)c1F. The molecule has 0 aliphatic heterocycles. The third kappa shape index (κ3) is 2.01. The highest BCUT2D eigenvalue weighted by molar-refractivity contribution is 5.23. The van der Waals surface area contributed by atoms with E-state index in [0.717, 1.165) is 6.07 Å². The fourth-order valence-corrected chi connectivity index (χ4v) is 1.07. The van der Waals surface area contributed by atoms with Gasteiger partial charge >= 0.3 is 0 Å². The number of halogens is 3. The van der Waals surface area contributed by atoms with Crippen molar-refractivity contribution in [2.45, 2.75) is 19.4 Å². The average Bonchev–Trinajstić information content (AvgIpc) is 2.10. The zero-order chi connectivity index (χ0) is 10.0. The highest BCUT2D eigenvalue weighted by atomic mass is 19.2. The van der Waals surface area contributed by atoms with Gasteiger partial charge in [-0.1, -0.05) is 6.92 Å². The summed E-state index contributed by atoms with van der Waals surface area (Å²) in [5, 5.41) is 0. The molecule has 72 valence electrons. The fraction of sp³-hybridized carbons (Fsp3) is 0.333. The maximum absolute atomic E-state index is 13.0. The minimum Gasteiger partial charge on any atom is -0.324 e. The molecule has 2 N–H and O–H groups in total. The predicted octanol–water partition coefficient (Wildman–Crippen LogP) is 2.51. The van der Waals surface area contributed by atoms with Gasteiger partial charge in [0, 0.05) is 17.7 Å². The second-order valence-corrected chi connectivity index (χ2v) is 2.81. The number of benzene rings is 1. The molecule has 0 heterocycles. The van der Waals surface area contributed by atoms with Crippen LogP contribution in [0.3, 0.4) is 0 Å². The van der Waals surface area contributed by atoms with Crippen LogP contribution in [0, 0.1) is 17.5 Å². The summed E-state index contributed by atoms with van der Waals surface area (Å²) in [5.74, 6) is -3.06. The van der Waals surface area contributed by atoms with Crippen LogP contribution in [-0.2, 0) is 0 Å². The standard InChI is InChI=1S/C9H10F3N/c1-2-8(13)6-3-5(10)4-7(11)9(6)12/h3-4,8H,2,13H2,1H3/t8-/m0/s1. The molecule has 1 atom stereocenters. The van der Waals surface area contributed by atoms with Crippen LogP contribution in [0.4, 0.5) is 13.2 Å². The van der Waals surface area contributed by atoms with Gasteiger partial charge in [0.05, 0.1) is 0 Å². The molecule has 0 unspecified atom stereocenters. The van der Waals surface area contributed by atoms with E-state index in [2.05, 4.69) is 0 Å². The summed E-state index contributed by atoms with van der Waals surface area (Å²) >= 11 is 0. The van der Waals surface area contributed by atoms with Crippen LogP contribution in [0.1, 0.15) is 24.9 Å². The Morgan fingerprint density at radius 1 is 1.31 bits per heavy atom. The first-order valence-electron chi connectivity index (χ1n) is 3.96. The molecule has 0 amide bonds. The van der Waals surface area contributed by atoms with Crippen LogP contribution < -0.4 is 5.73 Å². The molecular weight excluding hydrogens is 179 g/mol. The zero-order valence-electron chi connectivity index (χ0n) is 7.15. The van der Waals surface area contributed by atoms with Gasteiger partial charge in [-0.05, 0) is 12.5 Å². The monoisotopic (exact) mass is 189 g/mol. The second kappa shape index (κ2) is 3.79. The first kappa shape index (κ1) is 10.1. The van der Waals surface area contributed by atoms with Gasteiger partial charge in [-0.25, -0.2) is 13.2 Å². The molecule has 1 rings (SSSR count). The first-order valence-corrected chi connectivity index (χ1v) is 3.96. The Balaban J connectivity index is 3.20. The van der Waals surface area contributed by atoms with Crippen LogP contribution in [0.25, 0.3) is 0 Å². The molecular formula is C9H10F3N. The van der Waals surface area contributed by atoms with Crippen LogP contribution in [-0.4, -0.2) is 0 Å². The van der Waals surface area contributed by atoms with Crippen molar-refractivity contribution < 1.29 is 13.2 Å². The number of rotatable bonds is 2. The van der Waals surface area contributed by atoms with Gasteiger partial charge in [-0.2, -0.15) is 0 Å². The van der Waals surface area contributed by atoms with Gasteiger partial charge in [0.1, 0.15) is 5.82 Å². The van der Waals surface area contributed by atoms with E-state index in [0.29, 0.717) is 12.5 Å². The third-order valence-corrected chi connectivity index (χ3v) is 1.86. The molecule has 4 heteroatoms. The fourth-order valence-electron chi connectivity index (χ4n) is 1.07. The Labute approximate surface area is 74.4 Å². The topological polar surface area (TPSA) is 26.0 Å². The van der Waals surface area contributed by atoms with E-state index in [1.54, 1.807) is 6.92 Å². The Bertz CT molecular complexity index is 312. The van der Waals surface area contributed by atoms with Crippen molar-refractivity contribution in [3.05, 3.63) is 35.1 Å². The lowest BCUT2D eigenvalue weighted by Gasteiger charge is -2.10. The van der Waals surface area contributed by atoms with Crippen molar-refractivity contribution in [2.75, 3.05) is 0 Å². The van der Waals surface area contributed by atoms with E-state index >= 15 is 0 Å². The van der Waals surface area contributed by atoms with E-state index in [1.165, 1.54) is 0 Å². The maximum Gasteiger partial charge on any atom is 0.163 e. The lowest BCUT2D eigenvalue weighted by atomic mass is 10.0. The number of hydrogen-bond donors (Lipinski definition) is 1. The van der Waals surface area contributed by atoms with Crippen molar-refractivity contribution in [2.24, 2.45) is 5.73 Å². The molecule has 1 aromatic carbocycles. The molecule has 0 aliphatic carbocycles. The highest BCUT2D eigenvalue weighted by Gasteiger charge is 2.15. The summed E-state index contributed by atoms with van der Waals surface area (Å²) in [4.78, 5) is 0. The van der Waals surface area contributed by atoms with Gasteiger partial charge in [-0.3, -0.25) is 0 Å². The summed E-state index contributed by atoms with van der Waals surface area (Å²) in [5.41, 5.74) is 5.35. The Kier molecular flexibility index (Phi) is 2.93. The lowest BCUT2D eigenvalue weighted by molar-refractivity contribution is 0.473. The van der Waals surface area contributed by atoms with Crippen LogP contribution in [0.5, 0.6) is 0 Å². The molecule has 13 heavy (non-hydrogen) atoms. The van der Waals surface area contributed by atoms with Gasteiger partial charge in [0.25, 0.3) is 0 Å². The summed E-state index contributed by atoms with van der Waals surface area (Å²) in [6.45, 7) is 1.72. The van der Waals surface area contributed by atoms with Crippen LogP contribution in [0.2, 0.25) is 0 Å². The molecule has 0 saturated heterocycles. The van der Waals surface area contributed by atoms with Gasteiger partial charge in [0.2, 0.25) is 0 Å². The summed E-state index contributed by atoms with van der Waals surface area (Å²) < 4.78 is 38.3. The van der Waals surface area contributed by atoms with E-state index < -0.39 is 23.5 Å². The minimum atomic E-state index is -1.20. The summed E-state index contributed by atoms with van der Waals surface area (Å²) in [6, 6.07) is 0.763. The molecule has 0 saturated carbocycles. The third-order valence-electron chi connectivity index (χ3n) is 1.86. The number of hydrogen-bond acceptors (Lipinski definition) is 1. The first-order chi connectivity index (χ1) is 6.06. The van der Waals surface area contributed by atoms with E-state index in [1.807, 2.05) is 0 Å². The predicted molar refractivity (Wildman–Crippen MR) is 43.5 cm³/mol. The normalized spacial score (nSPS) is 13.0. The molecule has 0 fully saturated rings. The summed E-state index contributed by atoms with van der Waals surface area (Å²) in [6.07, 6.45) is 0.430. The number of nitrogens with two attached hydrogens (primary N) is 1. The Morgan fingerprint density at radius 3 is 2.46 bits per heavy atom. The molecule has 0 radical (unpaired) electrons. The van der Waals surface area contributed by atoms with Crippen LogP contribution in [0.15, 0.2) is 12.1 Å². The smallest absolute Gasteiger partial charge is 0.163 e. The van der Waals surface area contributed by atoms with Crippen molar-refractivity contribution in [1.82, 2.24) is 0 Å². The van der Waals surface area contributed by atoms with Gasteiger partial charge < -0.3 is 5.73 Å². The Morgan fingerprint density at radius 2 is 1.92 bits per heavy atom. The molecule has 1 aromatic rings. The summed E-state index contributed by atoms with van der Waals surface area (Å²) in [7, 11) is 0. The lowest BCUT2D eigenvalue weighted by Crippen LogP contribution is -2.12. The zero-order valence-corrected chi connectivity index (χ0v) is 7.15. The average molecular weight is 189 g/mol. The second-order valence-electron chi connectivity index (χ2n) is 2.81. The Hall–Kier alpha value is -1.03. The van der Waals surface area contributed by atoms with Gasteiger partial charge in [-0.15, -0.1) is 0 Å². The van der Waals surface area contributed by atoms with Crippen molar-refractivity contribution >= 4 is 0 Å². The molecule has 0 bridgehead atoms. The van der Waals surface area contributed by atoms with Crippen molar-refractivity contribution in [3.63, 3.8) is 0 Å². The minimum absolute atomic E-state index is 0.111. The van der Waals surface area contributed by atoms with Crippen molar-refractivity contribution in [1.29, 1.82) is 0 Å². The van der Waals surface area contributed by atoms with E-state index in [-0.39, 0.29) is 5.56 Å². The maximum atomic E-state index is 13.0. The van der Waals surface area contributed by atoms with Crippen molar-refractivity contribution in [3.8, 4) is 0 Å². The van der Waals surface area contributed by atoms with E-state index in [9.17, 15) is 13.2 Å². The van der Waals surface area contributed by atoms with E-state index in [4.69, 9.17) is 5.73 Å². The largest absolute Gasteiger partial charge is 0.324 e.